The molecule has 1 aromatic rings. The van der Waals surface area contributed by atoms with Crippen molar-refractivity contribution >= 4 is 24.0 Å². The van der Waals surface area contributed by atoms with E-state index in [0.717, 1.165) is 12.0 Å². The number of amides is 1. The highest BCUT2D eigenvalue weighted by molar-refractivity contribution is 6.30. The summed E-state index contributed by atoms with van der Waals surface area (Å²) in [5.41, 5.74) is 1.68. The van der Waals surface area contributed by atoms with Crippen LogP contribution in [0, 0.1) is 0 Å². The number of carbonyl (C=O) groups excluding carboxylic acids is 1. The Morgan fingerprint density at radius 2 is 2.39 bits per heavy atom. The van der Waals surface area contributed by atoms with Gasteiger partial charge in [-0.15, -0.1) is 0 Å². The van der Waals surface area contributed by atoms with Crippen LogP contribution in [0.1, 0.15) is 11.1 Å². The summed E-state index contributed by atoms with van der Waals surface area (Å²) >= 11 is 5.98. The molecule has 6 heteroatoms. The van der Waals surface area contributed by atoms with Crippen molar-refractivity contribution < 1.29 is 19.4 Å². The van der Waals surface area contributed by atoms with Gasteiger partial charge in [0, 0.05) is 17.9 Å². The molecule has 1 unspecified atom stereocenters. The van der Waals surface area contributed by atoms with E-state index in [0.29, 0.717) is 29.4 Å². The van der Waals surface area contributed by atoms with Gasteiger partial charge in [0.05, 0.1) is 6.61 Å². The summed E-state index contributed by atoms with van der Waals surface area (Å²) in [6, 6.07) is 2.51. The number of hydrogen-bond donors (Lipinski definition) is 2. The fraction of sp³-hybridized carbons (Fsp3) is 0.333. The Balaban J connectivity index is 2.28. The van der Waals surface area contributed by atoms with Crippen LogP contribution >= 0.6 is 11.6 Å². The van der Waals surface area contributed by atoms with Crippen molar-refractivity contribution in [3.05, 3.63) is 28.3 Å². The number of hydrogen-bond acceptors (Lipinski definition) is 3. The summed E-state index contributed by atoms with van der Waals surface area (Å²) in [6.45, 7) is 0.571. The van der Waals surface area contributed by atoms with Crippen molar-refractivity contribution in [1.29, 1.82) is 0 Å². The molecule has 0 bridgehead atoms. The second kappa shape index (κ2) is 5.27. The van der Waals surface area contributed by atoms with Crippen LogP contribution in [0.25, 0.3) is 0 Å². The number of nitrogens with one attached hydrogen (secondary N) is 1. The molecule has 1 aromatic carbocycles. The highest BCUT2D eigenvalue weighted by atomic mass is 35.5. The van der Waals surface area contributed by atoms with E-state index >= 15 is 0 Å². The molecule has 0 radical (unpaired) electrons. The van der Waals surface area contributed by atoms with E-state index in [-0.39, 0.29) is 6.42 Å². The van der Waals surface area contributed by atoms with Crippen molar-refractivity contribution in [2.45, 2.75) is 18.9 Å². The number of carboxylic acids is 1. The van der Waals surface area contributed by atoms with Crippen molar-refractivity contribution in [3.8, 4) is 5.75 Å². The first kappa shape index (κ1) is 12.7. The average molecular weight is 270 g/mol. The van der Waals surface area contributed by atoms with Crippen LogP contribution in [0.2, 0.25) is 5.02 Å². The molecule has 1 aliphatic rings. The number of carboxylic acid groups (broad SMARTS) is 1. The monoisotopic (exact) mass is 269 g/mol. The molecule has 2 N–H and O–H groups in total. The van der Waals surface area contributed by atoms with Crippen LogP contribution in [0.4, 0.5) is 0 Å². The van der Waals surface area contributed by atoms with E-state index in [2.05, 4.69) is 5.32 Å². The maximum Gasteiger partial charge on any atom is 0.326 e. The zero-order valence-corrected chi connectivity index (χ0v) is 10.2. The third kappa shape index (κ3) is 2.56. The van der Waals surface area contributed by atoms with Gasteiger partial charge in [-0.1, -0.05) is 11.6 Å². The minimum absolute atomic E-state index is 0.150. The largest absolute Gasteiger partial charge is 0.493 e. The van der Waals surface area contributed by atoms with Crippen LogP contribution in [0.5, 0.6) is 5.75 Å². The molecular formula is C12H12ClNO4. The van der Waals surface area contributed by atoms with E-state index in [1.54, 1.807) is 6.07 Å². The molecule has 0 saturated carbocycles. The first-order valence-corrected chi connectivity index (χ1v) is 5.86. The second-order valence-corrected chi connectivity index (χ2v) is 4.47. The lowest BCUT2D eigenvalue weighted by Gasteiger charge is -2.14. The smallest absolute Gasteiger partial charge is 0.326 e. The number of carbonyl (C=O) groups is 2. The number of fused-ring (bicyclic) bond motifs is 1. The number of benzene rings is 1. The number of ether oxygens (including phenoxy) is 1. The molecule has 0 spiro atoms. The van der Waals surface area contributed by atoms with E-state index in [4.69, 9.17) is 21.4 Å². The van der Waals surface area contributed by atoms with Crippen LogP contribution in [0.15, 0.2) is 12.1 Å². The Labute approximate surface area is 109 Å². The van der Waals surface area contributed by atoms with Gasteiger partial charge in [-0.05, 0) is 23.3 Å². The molecule has 0 aromatic heterocycles. The van der Waals surface area contributed by atoms with Crippen LogP contribution < -0.4 is 10.1 Å². The highest BCUT2D eigenvalue weighted by Gasteiger charge is 2.23. The molecule has 2 rings (SSSR count). The summed E-state index contributed by atoms with van der Waals surface area (Å²) in [7, 11) is 0. The molecule has 5 nitrogen and oxygen atoms in total. The number of rotatable bonds is 5. The van der Waals surface area contributed by atoms with Gasteiger partial charge in [0.1, 0.15) is 11.8 Å². The summed E-state index contributed by atoms with van der Waals surface area (Å²) in [5.74, 6) is -0.396. The molecule has 1 aliphatic heterocycles. The molecule has 0 fully saturated rings. The maximum absolute atomic E-state index is 11.0. The summed E-state index contributed by atoms with van der Waals surface area (Å²) < 4.78 is 5.48. The topological polar surface area (TPSA) is 75.6 Å². The maximum atomic E-state index is 11.0. The molecule has 1 atom stereocenters. The van der Waals surface area contributed by atoms with Gasteiger partial charge in [-0.3, -0.25) is 4.79 Å². The first-order valence-electron chi connectivity index (χ1n) is 5.48. The fourth-order valence-corrected chi connectivity index (χ4v) is 2.28. The first-order chi connectivity index (χ1) is 8.61. The van der Waals surface area contributed by atoms with Crippen LogP contribution in [0.3, 0.4) is 0 Å². The molecule has 0 saturated heterocycles. The van der Waals surface area contributed by atoms with Crippen LogP contribution in [-0.2, 0) is 22.4 Å². The molecule has 1 amide bonds. The third-order valence-electron chi connectivity index (χ3n) is 2.82. The minimum Gasteiger partial charge on any atom is -0.493 e. The van der Waals surface area contributed by atoms with Crippen molar-refractivity contribution in [1.82, 2.24) is 5.32 Å². The van der Waals surface area contributed by atoms with Crippen LogP contribution in [-0.4, -0.2) is 30.1 Å². The average Bonchev–Trinajstić information content (AvgIpc) is 2.76. The molecule has 96 valence electrons. The van der Waals surface area contributed by atoms with Gasteiger partial charge < -0.3 is 15.2 Å². The van der Waals surface area contributed by atoms with Gasteiger partial charge in [0.15, 0.2) is 0 Å². The van der Waals surface area contributed by atoms with Gasteiger partial charge in [0.25, 0.3) is 0 Å². The zero-order chi connectivity index (χ0) is 13.1. The SMILES string of the molecule is O=CNC(Cc1cc(Cl)cc2c1OCC2)C(=O)O. The Morgan fingerprint density at radius 1 is 1.61 bits per heavy atom. The second-order valence-electron chi connectivity index (χ2n) is 4.03. The van der Waals surface area contributed by atoms with E-state index < -0.39 is 12.0 Å². The predicted molar refractivity (Wildman–Crippen MR) is 65.0 cm³/mol. The Kier molecular flexibility index (Phi) is 3.72. The normalized spacial score (nSPS) is 14.5. The minimum atomic E-state index is -1.09. The van der Waals surface area contributed by atoms with Gasteiger partial charge >= 0.3 is 5.97 Å². The van der Waals surface area contributed by atoms with Crippen molar-refractivity contribution in [3.63, 3.8) is 0 Å². The quantitative estimate of drug-likeness (QED) is 0.783. The van der Waals surface area contributed by atoms with Crippen molar-refractivity contribution in [2.75, 3.05) is 6.61 Å². The summed E-state index contributed by atoms with van der Waals surface area (Å²) in [4.78, 5) is 21.4. The predicted octanol–water partition coefficient (Wildman–Crippen LogP) is 1.02. The van der Waals surface area contributed by atoms with E-state index in [9.17, 15) is 9.59 Å². The lowest BCUT2D eigenvalue weighted by atomic mass is 10.0. The molecular weight excluding hydrogens is 258 g/mol. The van der Waals surface area contributed by atoms with E-state index in [1.807, 2.05) is 6.07 Å². The Morgan fingerprint density at radius 3 is 3.06 bits per heavy atom. The van der Waals surface area contributed by atoms with Crippen molar-refractivity contribution in [2.24, 2.45) is 0 Å². The standard InChI is InChI=1S/C12H12ClNO4/c13-9-3-7-1-2-18-11(7)8(4-9)5-10(12(16)17)14-6-15/h3-4,6,10H,1-2,5H2,(H,14,15)(H,16,17). The summed E-state index contributed by atoms with van der Waals surface area (Å²) in [6.07, 6.45) is 1.29. The molecule has 1 heterocycles. The lowest BCUT2D eigenvalue weighted by molar-refractivity contribution is -0.140. The molecule has 18 heavy (non-hydrogen) atoms. The zero-order valence-electron chi connectivity index (χ0n) is 9.48. The third-order valence-corrected chi connectivity index (χ3v) is 3.03. The van der Waals surface area contributed by atoms with Gasteiger partial charge in [-0.2, -0.15) is 0 Å². The summed E-state index contributed by atoms with van der Waals surface area (Å²) in [5, 5.41) is 11.8. The highest BCUT2D eigenvalue weighted by Crippen LogP contribution is 2.33. The lowest BCUT2D eigenvalue weighted by Crippen LogP contribution is -2.37. The van der Waals surface area contributed by atoms with Gasteiger partial charge in [-0.25, -0.2) is 4.79 Å². The number of halogens is 1. The van der Waals surface area contributed by atoms with Gasteiger partial charge in [0.2, 0.25) is 6.41 Å². The Bertz CT molecular complexity index is 489. The Hall–Kier alpha value is -1.75. The van der Waals surface area contributed by atoms with E-state index in [1.165, 1.54) is 0 Å². The fourth-order valence-electron chi connectivity index (χ4n) is 2.02. The molecule has 0 aliphatic carbocycles. The number of aliphatic carboxylic acids is 1.